The van der Waals surface area contributed by atoms with Crippen LogP contribution in [-0.2, 0) is 20.1 Å². The van der Waals surface area contributed by atoms with Crippen molar-refractivity contribution in [2.24, 2.45) is 17.5 Å². The first-order chi connectivity index (χ1) is 12.2. The molecule has 2 aromatic rings. The average Bonchev–Trinajstić information content (AvgIpc) is 3.19. The van der Waals surface area contributed by atoms with Gasteiger partial charge in [-0.1, -0.05) is 26.8 Å². The van der Waals surface area contributed by atoms with Crippen molar-refractivity contribution in [1.82, 2.24) is 25.4 Å². The molecular weight excluding hydrogens is 344 g/mol. The summed E-state index contributed by atoms with van der Waals surface area (Å²) in [6.45, 7) is 12.3. The van der Waals surface area contributed by atoms with Crippen LogP contribution in [0.3, 0.4) is 0 Å². The van der Waals surface area contributed by atoms with E-state index in [4.69, 9.17) is 4.99 Å². The molecule has 0 saturated heterocycles. The molecule has 7 heteroatoms. The maximum absolute atomic E-state index is 4.73. The fourth-order valence-electron chi connectivity index (χ4n) is 2.43. The first-order valence-corrected chi connectivity index (χ1v) is 10.0. The van der Waals surface area contributed by atoms with Crippen LogP contribution in [0.2, 0.25) is 0 Å². The van der Waals surface area contributed by atoms with Crippen LogP contribution in [0.1, 0.15) is 57.1 Å². The van der Waals surface area contributed by atoms with Crippen molar-refractivity contribution in [2.45, 2.75) is 66.6 Å². The Hall–Kier alpha value is -1.89. The van der Waals surface area contributed by atoms with E-state index in [0.717, 1.165) is 30.6 Å². The van der Waals surface area contributed by atoms with Gasteiger partial charge in [0.15, 0.2) is 11.8 Å². The van der Waals surface area contributed by atoms with Gasteiger partial charge < -0.3 is 15.2 Å². The minimum atomic E-state index is 0.341. The Morgan fingerprint density at radius 1 is 1.35 bits per heavy atom. The summed E-state index contributed by atoms with van der Waals surface area (Å²) in [4.78, 5) is 6.02. The molecule has 0 fully saturated rings. The number of nitrogens with one attached hydrogen (secondary N) is 2. The van der Waals surface area contributed by atoms with Crippen LogP contribution < -0.4 is 10.6 Å². The molecule has 0 aliphatic rings. The highest BCUT2D eigenvalue weighted by molar-refractivity contribution is 7.09. The predicted molar refractivity (Wildman–Crippen MR) is 109 cm³/mol. The predicted octanol–water partition coefficient (Wildman–Crippen LogP) is 3.64. The molecule has 2 aromatic heterocycles. The molecule has 0 aliphatic carbocycles. The summed E-state index contributed by atoms with van der Waals surface area (Å²) in [7, 11) is 1.97. The van der Waals surface area contributed by atoms with Crippen LogP contribution in [0.25, 0.3) is 0 Å². The fourth-order valence-corrected chi connectivity index (χ4v) is 3.07. The summed E-state index contributed by atoms with van der Waals surface area (Å²) in [5.41, 5.74) is 0.341. The highest BCUT2D eigenvalue weighted by atomic mass is 32.1. The lowest BCUT2D eigenvalue weighted by Crippen LogP contribution is -2.42. The molecule has 6 nitrogen and oxygen atoms in total. The molecular formula is C19H32N6S. The Balaban J connectivity index is 2.00. The molecule has 144 valence electrons. The number of rotatable bonds is 7. The molecule has 26 heavy (non-hydrogen) atoms. The minimum absolute atomic E-state index is 0.341. The molecule has 0 saturated carbocycles. The molecule has 0 amide bonds. The minimum Gasteiger partial charge on any atom is -0.354 e. The monoisotopic (exact) mass is 376 g/mol. The highest BCUT2D eigenvalue weighted by Crippen LogP contribution is 2.21. The number of aryl methyl sites for hydroxylation is 1. The zero-order chi connectivity index (χ0) is 19.2. The van der Waals surface area contributed by atoms with E-state index in [-0.39, 0.29) is 0 Å². The molecule has 0 spiro atoms. The lowest BCUT2D eigenvalue weighted by molar-refractivity contribution is 0.346. The maximum Gasteiger partial charge on any atom is 0.192 e. The normalized spacial score (nSPS) is 13.7. The van der Waals surface area contributed by atoms with Gasteiger partial charge in [0.1, 0.15) is 12.4 Å². The Labute approximate surface area is 161 Å². The van der Waals surface area contributed by atoms with Gasteiger partial charge in [-0.3, -0.25) is 0 Å². The molecule has 2 heterocycles. The van der Waals surface area contributed by atoms with Gasteiger partial charge >= 0.3 is 0 Å². The Kier molecular flexibility index (Phi) is 7.20. The summed E-state index contributed by atoms with van der Waals surface area (Å²) in [6, 6.07) is 4.55. The summed E-state index contributed by atoms with van der Waals surface area (Å²) in [6.07, 6.45) is 2.27. The van der Waals surface area contributed by atoms with Gasteiger partial charge in [0.2, 0.25) is 0 Å². The van der Waals surface area contributed by atoms with Crippen molar-refractivity contribution < 1.29 is 0 Å². The highest BCUT2D eigenvalue weighted by Gasteiger charge is 2.14. The molecule has 2 rings (SSSR count). The number of guanidine groups is 1. The Bertz CT molecular complexity index is 696. The van der Waals surface area contributed by atoms with Crippen LogP contribution in [0, 0.1) is 12.3 Å². The lowest BCUT2D eigenvalue weighted by Gasteiger charge is -2.23. The van der Waals surface area contributed by atoms with E-state index in [1.54, 1.807) is 11.3 Å². The summed E-state index contributed by atoms with van der Waals surface area (Å²) in [5.74, 6) is 2.58. The van der Waals surface area contributed by atoms with Gasteiger partial charge in [-0.2, -0.15) is 0 Å². The van der Waals surface area contributed by atoms with Crippen molar-refractivity contribution in [3.63, 3.8) is 0 Å². The SMILES string of the molecule is Cc1nnc(CN=C(NCc2cccs2)NC(C)CCC(C)(C)C)n1C. The second kappa shape index (κ2) is 9.16. The van der Waals surface area contributed by atoms with Gasteiger partial charge in [-0.15, -0.1) is 21.5 Å². The fraction of sp³-hybridized carbons (Fsp3) is 0.632. The van der Waals surface area contributed by atoms with Crippen molar-refractivity contribution in [1.29, 1.82) is 0 Å². The average molecular weight is 377 g/mol. The molecule has 2 N–H and O–H groups in total. The summed E-state index contributed by atoms with van der Waals surface area (Å²) >= 11 is 1.75. The number of hydrogen-bond donors (Lipinski definition) is 2. The zero-order valence-corrected chi connectivity index (χ0v) is 17.7. The van der Waals surface area contributed by atoms with Crippen molar-refractivity contribution in [3.8, 4) is 0 Å². The number of aromatic nitrogens is 3. The molecule has 1 atom stereocenters. The second-order valence-electron chi connectivity index (χ2n) is 7.96. The molecule has 0 aromatic carbocycles. The quantitative estimate of drug-likeness (QED) is 0.572. The largest absolute Gasteiger partial charge is 0.354 e. The maximum atomic E-state index is 4.73. The number of nitrogens with zero attached hydrogens (tertiary/aromatic N) is 4. The first-order valence-electron chi connectivity index (χ1n) is 9.17. The standard InChI is InChI=1S/C19H32N6S/c1-14(9-10-19(3,4)5)22-18(20-12-16-8-7-11-26-16)21-13-17-24-23-15(2)25(17)6/h7-8,11,14H,9-10,12-13H2,1-6H3,(H2,20,21,22). The molecule has 1 unspecified atom stereocenters. The van der Waals surface area contributed by atoms with Gasteiger partial charge in [-0.25, -0.2) is 4.99 Å². The third kappa shape index (κ3) is 6.78. The topological polar surface area (TPSA) is 67.1 Å². The van der Waals surface area contributed by atoms with Crippen LogP contribution in [0.4, 0.5) is 0 Å². The molecule has 0 bridgehead atoms. The molecule has 0 aliphatic heterocycles. The lowest BCUT2D eigenvalue weighted by atomic mass is 9.89. The van der Waals surface area contributed by atoms with E-state index in [1.165, 1.54) is 11.3 Å². The van der Waals surface area contributed by atoms with Gasteiger partial charge in [0.25, 0.3) is 0 Å². The summed E-state index contributed by atoms with van der Waals surface area (Å²) in [5, 5.41) is 17.4. The second-order valence-corrected chi connectivity index (χ2v) is 9.00. The van der Waals surface area contributed by atoms with Crippen molar-refractivity contribution >= 4 is 17.3 Å². The van der Waals surface area contributed by atoms with Gasteiger partial charge in [-0.05, 0) is 43.6 Å². The third-order valence-corrected chi connectivity index (χ3v) is 5.16. The van der Waals surface area contributed by atoms with E-state index in [0.29, 0.717) is 18.0 Å². The molecule has 0 radical (unpaired) electrons. The van der Waals surface area contributed by atoms with Gasteiger partial charge in [0.05, 0.1) is 6.54 Å². The van der Waals surface area contributed by atoms with Crippen LogP contribution in [0.5, 0.6) is 0 Å². The van der Waals surface area contributed by atoms with E-state index < -0.39 is 0 Å². The number of thiophene rings is 1. The van der Waals surface area contributed by atoms with Crippen molar-refractivity contribution in [3.05, 3.63) is 34.0 Å². The van der Waals surface area contributed by atoms with E-state index in [9.17, 15) is 0 Å². The van der Waals surface area contributed by atoms with E-state index in [2.05, 4.69) is 66.0 Å². The number of aliphatic imine (C=N–C) groups is 1. The summed E-state index contributed by atoms with van der Waals surface area (Å²) < 4.78 is 1.98. The van der Waals surface area contributed by atoms with Crippen LogP contribution >= 0.6 is 11.3 Å². The smallest absolute Gasteiger partial charge is 0.192 e. The number of hydrogen-bond acceptors (Lipinski definition) is 4. The van der Waals surface area contributed by atoms with E-state index >= 15 is 0 Å². The van der Waals surface area contributed by atoms with Gasteiger partial charge in [0, 0.05) is 18.0 Å². The first kappa shape index (κ1) is 20.4. The zero-order valence-electron chi connectivity index (χ0n) is 16.8. The van der Waals surface area contributed by atoms with Crippen molar-refractivity contribution in [2.75, 3.05) is 0 Å². The van der Waals surface area contributed by atoms with Crippen LogP contribution in [0.15, 0.2) is 22.5 Å². The Morgan fingerprint density at radius 2 is 2.12 bits per heavy atom. The van der Waals surface area contributed by atoms with Crippen LogP contribution in [-0.4, -0.2) is 26.8 Å². The Morgan fingerprint density at radius 3 is 2.69 bits per heavy atom. The third-order valence-electron chi connectivity index (χ3n) is 4.28. The van der Waals surface area contributed by atoms with E-state index in [1.807, 2.05) is 18.5 Å².